The van der Waals surface area contributed by atoms with E-state index in [1.54, 1.807) is 30.3 Å². The molecule has 2 aromatic rings. The molecular formula is C26H23N3O4. The highest BCUT2D eigenvalue weighted by Crippen LogP contribution is 2.45. The molecule has 7 heteroatoms. The number of carbonyl (C=O) groups is 1. The number of ketones is 1. The second kappa shape index (κ2) is 9.50. The lowest BCUT2D eigenvalue weighted by Gasteiger charge is -2.31. The average Bonchev–Trinajstić information content (AvgIpc) is 2.83. The number of allylic oxidation sites excluding steroid dienone is 3. The van der Waals surface area contributed by atoms with Crippen LogP contribution in [0, 0.1) is 22.7 Å². The van der Waals surface area contributed by atoms with Crippen molar-refractivity contribution < 1.29 is 19.0 Å². The van der Waals surface area contributed by atoms with Gasteiger partial charge in [0.05, 0.1) is 24.2 Å². The minimum absolute atomic E-state index is 0.0300. The molecule has 4 rings (SSSR count). The highest BCUT2D eigenvalue weighted by molar-refractivity contribution is 5.99. The first-order chi connectivity index (χ1) is 16.1. The van der Waals surface area contributed by atoms with Gasteiger partial charge < -0.3 is 19.9 Å². The average molecular weight is 441 g/mol. The van der Waals surface area contributed by atoms with E-state index in [-0.39, 0.29) is 23.8 Å². The molecule has 0 saturated heterocycles. The lowest BCUT2D eigenvalue weighted by Crippen LogP contribution is -2.27. The number of nitriles is 2. The Morgan fingerprint density at radius 3 is 2.67 bits per heavy atom. The van der Waals surface area contributed by atoms with Crippen molar-refractivity contribution in [2.45, 2.75) is 38.7 Å². The van der Waals surface area contributed by atoms with Gasteiger partial charge in [0, 0.05) is 24.0 Å². The minimum atomic E-state index is -0.612. The van der Waals surface area contributed by atoms with E-state index in [2.05, 4.69) is 12.1 Å². The van der Waals surface area contributed by atoms with E-state index in [9.17, 15) is 15.3 Å². The van der Waals surface area contributed by atoms with Gasteiger partial charge in [-0.25, -0.2) is 0 Å². The lowest BCUT2D eigenvalue weighted by atomic mass is 9.77. The molecule has 2 N–H and O–H groups in total. The second-order valence-electron chi connectivity index (χ2n) is 7.74. The number of carbonyl (C=O) groups excluding carboxylic acids is 1. The van der Waals surface area contributed by atoms with Crippen molar-refractivity contribution in [3.8, 4) is 23.6 Å². The molecule has 1 aliphatic heterocycles. The number of benzene rings is 2. The van der Waals surface area contributed by atoms with Gasteiger partial charge >= 0.3 is 0 Å². The molecule has 1 aliphatic carbocycles. The smallest absolute Gasteiger partial charge is 0.205 e. The first-order valence-corrected chi connectivity index (χ1v) is 10.8. The van der Waals surface area contributed by atoms with Gasteiger partial charge in [-0.1, -0.05) is 24.3 Å². The van der Waals surface area contributed by atoms with Gasteiger partial charge in [-0.2, -0.15) is 10.5 Å². The largest absolute Gasteiger partial charge is 0.490 e. The van der Waals surface area contributed by atoms with E-state index in [4.69, 9.17) is 19.9 Å². The summed E-state index contributed by atoms with van der Waals surface area (Å²) >= 11 is 0. The van der Waals surface area contributed by atoms with Gasteiger partial charge in [0.1, 0.15) is 24.0 Å². The van der Waals surface area contributed by atoms with Crippen molar-refractivity contribution in [3.63, 3.8) is 0 Å². The normalized spacial score (nSPS) is 17.5. The van der Waals surface area contributed by atoms with Gasteiger partial charge in [0.25, 0.3) is 0 Å². The molecule has 0 saturated carbocycles. The minimum Gasteiger partial charge on any atom is -0.490 e. The van der Waals surface area contributed by atoms with Crippen molar-refractivity contribution in [2.75, 3.05) is 6.61 Å². The first-order valence-electron chi connectivity index (χ1n) is 10.8. The molecular weight excluding hydrogens is 418 g/mol. The Labute approximate surface area is 192 Å². The maximum Gasteiger partial charge on any atom is 0.205 e. The van der Waals surface area contributed by atoms with Crippen molar-refractivity contribution in [2.24, 2.45) is 5.73 Å². The molecule has 0 aromatic heterocycles. The van der Waals surface area contributed by atoms with Crippen LogP contribution in [0.1, 0.15) is 48.8 Å². The molecule has 0 amide bonds. The number of Topliss-reactive ketones (excluding diaryl/α,β-unsaturated/α-hetero) is 1. The SMILES string of the molecule is CCOc1cc(C2C(C#N)=C(N)OC3=C2C(=O)CCC3)ccc1OCc1ccccc1C#N. The molecule has 1 atom stereocenters. The quantitative estimate of drug-likeness (QED) is 0.708. The fraction of sp³-hybridized carbons (Fsp3) is 0.269. The summed E-state index contributed by atoms with van der Waals surface area (Å²) in [6.45, 7) is 2.46. The van der Waals surface area contributed by atoms with Gasteiger partial charge in [0.2, 0.25) is 5.88 Å². The van der Waals surface area contributed by atoms with Crippen LogP contribution in [0.25, 0.3) is 0 Å². The number of hydrogen-bond acceptors (Lipinski definition) is 7. The highest BCUT2D eigenvalue weighted by atomic mass is 16.5. The highest BCUT2D eigenvalue weighted by Gasteiger charge is 2.38. The Kier molecular flexibility index (Phi) is 6.33. The molecule has 166 valence electrons. The Bertz CT molecular complexity index is 1250. The Morgan fingerprint density at radius 1 is 1.09 bits per heavy atom. The third-order valence-corrected chi connectivity index (χ3v) is 5.73. The molecule has 1 heterocycles. The maximum absolute atomic E-state index is 12.8. The van der Waals surface area contributed by atoms with Crippen LogP contribution in [0.15, 0.2) is 65.3 Å². The van der Waals surface area contributed by atoms with Crippen LogP contribution in [0.4, 0.5) is 0 Å². The van der Waals surface area contributed by atoms with E-state index in [1.807, 2.05) is 19.1 Å². The molecule has 7 nitrogen and oxygen atoms in total. The van der Waals surface area contributed by atoms with Crippen LogP contribution < -0.4 is 15.2 Å². The number of nitrogens with zero attached hydrogens (tertiary/aromatic N) is 2. The molecule has 0 spiro atoms. The summed E-state index contributed by atoms with van der Waals surface area (Å²) in [5.41, 5.74) is 8.76. The standard InChI is InChI=1S/C26H23N3O4/c1-2-31-23-12-16(10-11-21(23)32-15-18-7-4-3-6-17(18)13-27)24-19(14-28)26(29)33-22-9-5-8-20(30)25(22)24/h3-4,6-7,10-12,24H,2,5,8-9,15,29H2,1H3. The van der Waals surface area contributed by atoms with Crippen LogP contribution in [-0.2, 0) is 16.1 Å². The summed E-state index contributed by atoms with van der Waals surface area (Å²) in [4.78, 5) is 12.8. The predicted octanol–water partition coefficient (Wildman–Crippen LogP) is 4.35. The van der Waals surface area contributed by atoms with Gasteiger partial charge in [-0.3, -0.25) is 4.79 Å². The second-order valence-corrected chi connectivity index (χ2v) is 7.74. The van der Waals surface area contributed by atoms with Gasteiger partial charge in [-0.15, -0.1) is 0 Å². The maximum atomic E-state index is 12.8. The summed E-state index contributed by atoms with van der Waals surface area (Å²) in [7, 11) is 0. The monoisotopic (exact) mass is 441 g/mol. The van der Waals surface area contributed by atoms with Crippen molar-refractivity contribution >= 4 is 5.78 Å². The number of ether oxygens (including phenoxy) is 3. The van der Waals surface area contributed by atoms with Crippen LogP contribution in [0.3, 0.4) is 0 Å². The zero-order chi connectivity index (χ0) is 23.4. The van der Waals surface area contributed by atoms with Crippen molar-refractivity contribution in [3.05, 3.63) is 81.9 Å². The molecule has 33 heavy (non-hydrogen) atoms. The third-order valence-electron chi connectivity index (χ3n) is 5.73. The fourth-order valence-corrected chi connectivity index (χ4v) is 4.19. The summed E-state index contributed by atoms with van der Waals surface area (Å²) < 4.78 is 17.4. The van der Waals surface area contributed by atoms with Gasteiger partial charge in [-0.05, 0) is 37.1 Å². The summed E-state index contributed by atoms with van der Waals surface area (Å²) in [5.74, 6) is 0.908. The van der Waals surface area contributed by atoms with E-state index in [0.717, 1.165) is 5.56 Å². The van der Waals surface area contributed by atoms with Crippen LogP contribution >= 0.6 is 0 Å². The van der Waals surface area contributed by atoms with Crippen LogP contribution in [-0.4, -0.2) is 12.4 Å². The molecule has 0 bridgehead atoms. The predicted molar refractivity (Wildman–Crippen MR) is 120 cm³/mol. The number of nitrogens with two attached hydrogens (primary N) is 1. The van der Waals surface area contributed by atoms with Crippen molar-refractivity contribution in [1.29, 1.82) is 10.5 Å². The molecule has 2 aliphatic rings. The Morgan fingerprint density at radius 2 is 1.91 bits per heavy atom. The zero-order valence-electron chi connectivity index (χ0n) is 18.3. The molecule has 2 aromatic carbocycles. The summed E-state index contributed by atoms with van der Waals surface area (Å²) in [6, 6.07) is 16.9. The Balaban J connectivity index is 1.71. The van der Waals surface area contributed by atoms with Crippen LogP contribution in [0.2, 0.25) is 0 Å². The zero-order valence-corrected chi connectivity index (χ0v) is 18.3. The van der Waals surface area contributed by atoms with Crippen LogP contribution in [0.5, 0.6) is 11.5 Å². The van der Waals surface area contributed by atoms with Gasteiger partial charge in [0.15, 0.2) is 17.3 Å². The van der Waals surface area contributed by atoms with Crippen molar-refractivity contribution in [1.82, 2.24) is 0 Å². The van der Waals surface area contributed by atoms with E-state index in [0.29, 0.717) is 59.8 Å². The topological polar surface area (TPSA) is 118 Å². The third kappa shape index (κ3) is 4.26. The molecule has 0 fully saturated rings. The van der Waals surface area contributed by atoms with E-state index >= 15 is 0 Å². The summed E-state index contributed by atoms with van der Waals surface area (Å²) in [5, 5.41) is 19.1. The molecule has 1 unspecified atom stereocenters. The molecule has 0 radical (unpaired) electrons. The van der Waals surface area contributed by atoms with E-state index < -0.39 is 5.92 Å². The van der Waals surface area contributed by atoms with E-state index in [1.165, 1.54) is 0 Å². The number of hydrogen-bond donors (Lipinski definition) is 1. The fourth-order valence-electron chi connectivity index (χ4n) is 4.19. The summed E-state index contributed by atoms with van der Waals surface area (Å²) in [6.07, 6.45) is 1.71. The first kappa shape index (κ1) is 22.0. The lowest BCUT2D eigenvalue weighted by molar-refractivity contribution is -0.116. The Hall–Kier alpha value is -4.23. The number of rotatable bonds is 6.